The molecule has 0 saturated heterocycles. The van der Waals surface area contributed by atoms with E-state index in [-0.39, 0.29) is 5.82 Å². The van der Waals surface area contributed by atoms with Crippen molar-refractivity contribution < 1.29 is 9.13 Å². The highest BCUT2D eigenvalue weighted by Gasteiger charge is 2.04. The lowest BCUT2D eigenvalue weighted by Gasteiger charge is -2.06. The van der Waals surface area contributed by atoms with Crippen molar-refractivity contribution in [1.82, 2.24) is 4.98 Å². The van der Waals surface area contributed by atoms with Gasteiger partial charge in [-0.2, -0.15) is 0 Å². The lowest BCUT2D eigenvalue weighted by atomic mass is 10.3. The van der Waals surface area contributed by atoms with Gasteiger partial charge in [0.1, 0.15) is 18.2 Å². The Kier molecular flexibility index (Phi) is 3.56. The lowest BCUT2D eigenvalue weighted by Crippen LogP contribution is -1.96. The molecule has 1 heterocycles. The maximum Gasteiger partial charge on any atom is 0.134 e. The summed E-state index contributed by atoms with van der Waals surface area (Å²) in [6, 6.07) is 4.34. The first-order valence-corrected chi connectivity index (χ1v) is 6.31. The summed E-state index contributed by atoms with van der Waals surface area (Å²) in [7, 11) is 0. The molecule has 0 aliphatic heterocycles. The van der Waals surface area contributed by atoms with E-state index in [2.05, 4.69) is 20.9 Å². The van der Waals surface area contributed by atoms with Gasteiger partial charge in [0.05, 0.1) is 15.2 Å². The van der Waals surface area contributed by atoms with Crippen LogP contribution in [0.2, 0.25) is 0 Å². The molecule has 0 N–H and O–H groups in total. The molecule has 0 unspecified atom stereocenters. The molecule has 0 fully saturated rings. The fourth-order valence-corrected chi connectivity index (χ4v) is 2.28. The monoisotopic (exact) mass is 301 g/mol. The Balaban J connectivity index is 2.04. The first-order valence-electron chi connectivity index (χ1n) is 4.64. The van der Waals surface area contributed by atoms with Crippen molar-refractivity contribution in [1.29, 1.82) is 0 Å². The van der Waals surface area contributed by atoms with Gasteiger partial charge < -0.3 is 4.74 Å². The second-order valence-electron chi connectivity index (χ2n) is 3.22. The highest BCUT2D eigenvalue weighted by atomic mass is 79.9. The normalized spacial score (nSPS) is 10.4. The minimum Gasteiger partial charge on any atom is -0.486 e. The molecule has 5 heteroatoms. The maximum absolute atomic E-state index is 12.8. The van der Waals surface area contributed by atoms with Crippen LogP contribution in [0.1, 0.15) is 10.7 Å². The van der Waals surface area contributed by atoms with E-state index in [4.69, 9.17) is 4.74 Å². The predicted octanol–water partition coefficient (Wildman–Crippen LogP) is 3.93. The molecule has 2 aromatic rings. The summed E-state index contributed by atoms with van der Waals surface area (Å²) in [4.78, 5) is 4.28. The van der Waals surface area contributed by atoms with Crippen molar-refractivity contribution in [3.63, 3.8) is 0 Å². The van der Waals surface area contributed by atoms with Crippen LogP contribution in [0.15, 0.2) is 28.1 Å². The Bertz CT molecular complexity index is 500. The van der Waals surface area contributed by atoms with Crippen LogP contribution in [0.5, 0.6) is 5.75 Å². The highest BCUT2D eigenvalue weighted by Crippen LogP contribution is 2.26. The van der Waals surface area contributed by atoms with Gasteiger partial charge in [0, 0.05) is 5.38 Å². The average molecular weight is 302 g/mol. The molecule has 0 saturated carbocycles. The molecule has 0 radical (unpaired) electrons. The zero-order valence-corrected chi connectivity index (χ0v) is 10.9. The summed E-state index contributed by atoms with van der Waals surface area (Å²) in [5.41, 5.74) is 0.888. The fraction of sp³-hybridized carbons (Fsp3) is 0.182. The van der Waals surface area contributed by atoms with E-state index in [1.54, 1.807) is 17.4 Å². The number of aryl methyl sites for hydroxylation is 1. The first kappa shape index (κ1) is 11.5. The summed E-state index contributed by atoms with van der Waals surface area (Å²) >= 11 is 4.83. The number of halogens is 2. The molecular formula is C11H9BrFNOS. The van der Waals surface area contributed by atoms with Gasteiger partial charge in [-0.25, -0.2) is 9.37 Å². The average Bonchev–Trinajstić information content (AvgIpc) is 2.63. The molecule has 0 bridgehead atoms. The van der Waals surface area contributed by atoms with Crippen LogP contribution in [0.25, 0.3) is 0 Å². The second kappa shape index (κ2) is 4.93. The standard InChI is InChI=1S/C11H9BrFNOS/c1-7-14-9(6-16-7)5-15-11-3-2-8(13)4-10(11)12/h2-4,6H,5H2,1H3. The summed E-state index contributed by atoms with van der Waals surface area (Å²) in [6.07, 6.45) is 0. The molecule has 0 amide bonds. The Morgan fingerprint density at radius 3 is 2.94 bits per heavy atom. The number of hydrogen-bond acceptors (Lipinski definition) is 3. The van der Waals surface area contributed by atoms with Crippen molar-refractivity contribution in [3.05, 3.63) is 44.6 Å². The molecule has 16 heavy (non-hydrogen) atoms. The zero-order chi connectivity index (χ0) is 11.5. The van der Waals surface area contributed by atoms with Crippen molar-refractivity contribution in [2.24, 2.45) is 0 Å². The van der Waals surface area contributed by atoms with Crippen LogP contribution in [0.4, 0.5) is 4.39 Å². The van der Waals surface area contributed by atoms with Crippen LogP contribution in [0.3, 0.4) is 0 Å². The number of aromatic nitrogens is 1. The fourth-order valence-electron chi connectivity index (χ4n) is 1.22. The molecule has 1 aromatic heterocycles. The van der Waals surface area contributed by atoms with Crippen LogP contribution in [-0.4, -0.2) is 4.98 Å². The van der Waals surface area contributed by atoms with Crippen molar-refractivity contribution in [2.45, 2.75) is 13.5 Å². The minimum absolute atomic E-state index is 0.288. The number of rotatable bonds is 3. The summed E-state index contributed by atoms with van der Waals surface area (Å²) in [5, 5.41) is 2.96. The zero-order valence-electron chi connectivity index (χ0n) is 8.54. The number of hydrogen-bond donors (Lipinski definition) is 0. The quantitative estimate of drug-likeness (QED) is 0.857. The maximum atomic E-state index is 12.8. The molecule has 1 aromatic carbocycles. The topological polar surface area (TPSA) is 22.1 Å². The van der Waals surface area contributed by atoms with E-state index in [0.717, 1.165) is 10.7 Å². The van der Waals surface area contributed by atoms with Gasteiger partial charge in [-0.3, -0.25) is 0 Å². The van der Waals surface area contributed by atoms with Gasteiger partial charge in [-0.1, -0.05) is 0 Å². The van der Waals surface area contributed by atoms with Crippen molar-refractivity contribution >= 4 is 27.3 Å². The third kappa shape index (κ3) is 2.80. The summed E-state index contributed by atoms with van der Waals surface area (Å²) < 4.78 is 19.0. The number of nitrogens with zero attached hydrogens (tertiary/aromatic N) is 1. The number of ether oxygens (including phenoxy) is 1. The van der Waals surface area contributed by atoms with E-state index < -0.39 is 0 Å². The van der Waals surface area contributed by atoms with E-state index in [1.807, 2.05) is 12.3 Å². The predicted molar refractivity (Wildman–Crippen MR) is 65.3 cm³/mol. The van der Waals surface area contributed by atoms with Crippen LogP contribution in [-0.2, 0) is 6.61 Å². The van der Waals surface area contributed by atoms with Gasteiger partial charge in [0.2, 0.25) is 0 Å². The van der Waals surface area contributed by atoms with E-state index in [9.17, 15) is 4.39 Å². The molecular weight excluding hydrogens is 293 g/mol. The largest absolute Gasteiger partial charge is 0.486 e. The SMILES string of the molecule is Cc1nc(COc2ccc(F)cc2Br)cs1. The molecule has 0 spiro atoms. The summed E-state index contributed by atoms with van der Waals surface area (Å²) in [5.74, 6) is 0.329. The van der Waals surface area contributed by atoms with Gasteiger partial charge in [0.15, 0.2) is 0 Å². The number of thiazole rings is 1. The first-order chi connectivity index (χ1) is 7.65. The van der Waals surface area contributed by atoms with Crippen LogP contribution >= 0.6 is 27.3 Å². The highest BCUT2D eigenvalue weighted by molar-refractivity contribution is 9.10. The molecule has 2 rings (SSSR count). The number of benzene rings is 1. The van der Waals surface area contributed by atoms with Gasteiger partial charge in [-0.05, 0) is 41.1 Å². The molecule has 2 nitrogen and oxygen atoms in total. The van der Waals surface area contributed by atoms with Gasteiger partial charge >= 0.3 is 0 Å². The Labute approximate surface area is 105 Å². The Morgan fingerprint density at radius 2 is 2.31 bits per heavy atom. The van der Waals surface area contributed by atoms with E-state index in [1.165, 1.54) is 12.1 Å². The third-order valence-electron chi connectivity index (χ3n) is 1.94. The van der Waals surface area contributed by atoms with Crippen LogP contribution < -0.4 is 4.74 Å². The van der Waals surface area contributed by atoms with Crippen LogP contribution in [0, 0.1) is 12.7 Å². The third-order valence-corrected chi connectivity index (χ3v) is 3.38. The van der Waals surface area contributed by atoms with E-state index in [0.29, 0.717) is 16.8 Å². The van der Waals surface area contributed by atoms with Crippen molar-refractivity contribution in [3.8, 4) is 5.75 Å². The lowest BCUT2D eigenvalue weighted by molar-refractivity contribution is 0.299. The minimum atomic E-state index is -0.288. The smallest absolute Gasteiger partial charge is 0.134 e. The Hall–Kier alpha value is -0.940. The van der Waals surface area contributed by atoms with Gasteiger partial charge in [0.25, 0.3) is 0 Å². The Morgan fingerprint density at radius 1 is 1.50 bits per heavy atom. The van der Waals surface area contributed by atoms with Crippen molar-refractivity contribution in [2.75, 3.05) is 0 Å². The second-order valence-corrected chi connectivity index (χ2v) is 5.14. The van der Waals surface area contributed by atoms with E-state index >= 15 is 0 Å². The molecule has 84 valence electrons. The molecule has 0 atom stereocenters. The molecule has 0 aliphatic rings. The molecule has 0 aliphatic carbocycles. The summed E-state index contributed by atoms with van der Waals surface area (Å²) in [6.45, 7) is 2.34. The van der Waals surface area contributed by atoms with Gasteiger partial charge in [-0.15, -0.1) is 11.3 Å².